The van der Waals surface area contributed by atoms with E-state index < -0.39 is 43.7 Å². The number of aromatic hydroxyl groups is 1. The second-order valence-corrected chi connectivity index (χ2v) is 9.35. The van der Waals surface area contributed by atoms with Crippen molar-refractivity contribution in [3.05, 3.63) is 71.3 Å². The largest absolute Gasteiger partial charge is 0.504 e. The molecule has 230 valence electrons. The van der Waals surface area contributed by atoms with Crippen LogP contribution in [0.25, 0.3) is 0 Å². The van der Waals surface area contributed by atoms with Gasteiger partial charge >= 0.3 is 0 Å². The molecule has 0 spiro atoms. The van der Waals surface area contributed by atoms with Gasteiger partial charge in [0.2, 0.25) is 0 Å². The SMILES string of the molecule is COc1cc([C@H](O)[C@@H](CO)Oc2ccc([C@H](O)[C@@H](CO)Oc3ccc([C@H](O)CCO)cc3OC)cc2OC)ccc1O. The van der Waals surface area contributed by atoms with E-state index in [-0.39, 0.29) is 47.5 Å². The van der Waals surface area contributed by atoms with Crippen LogP contribution in [0, 0.1) is 0 Å². The molecule has 5 atom stereocenters. The molecular formula is C30H38O12. The Morgan fingerprint density at radius 2 is 1.00 bits per heavy atom. The Morgan fingerprint density at radius 3 is 1.45 bits per heavy atom. The molecule has 0 aliphatic rings. The van der Waals surface area contributed by atoms with Gasteiger partial charge < -0.3 is 59.4 Å². The van der Waals surface area contributed by atoms with Crippen molar-refractivity contribution in [1.29, 1.82) is 0 Å². The van der Waals surface area contributed by atoms with E-state index in [4.69, 9.17) is 28.8 Å². The maximum atomic E-state index is 11.1. The molecule has 0 unspecified atom stereocenters. The number of methoxy groups -OCH3 is 3. The third-order valence-electron chi connectivity index (χ3n) is 6.67. The number of aliphatic hydroxyl groups excluding tert-OH is 6. The molecule has 0 saturated heterocycles. The summed E-state index contributed by atoms with van der Waals surface area (Å²) in [7, 11) is 4.16. The van der Waals surface area contributed by atoms with E-state index >= 15 is 0 Å². The van der Waals surface area contributed by atoms with Crippen LogP contribution in [0.1, 0.15) is 41.4 Å². The topological polar surface area (TPSA) is 188 Å². The quantitative estimate of drug-likeness (QED) is 0.128. The number of ether oxygens (including phenoxy) is 5. The van der Waals surface area contributed by atoms with Gasteiger partial charge in [0, 0.05) is 13.0 Å². The van der Waals surface area contributed by atoms with Crippen molar-refractivity contribution < 1.29 is 59.4 Å². The lowest BCUT2D eigenvalue weighted by molar-refractivity contribution is -0.00269. The normalized spacial score (nSPS) is 14.8. The van der Waals surface area contributed by atoms with Gasteiger partial charge in [0.1, 0.15) is 12.2 Å². The summed E-state index contributed by atoms with van der Waals surface area (Å²) in [6, 6.07) is 13.4. The highest BCUT2D eigenvalue weighted by Gasteiger charge is 2.28. The van der Waals surface area contributed by atoms with E-state index in [9.17, 15) is 30.6 Å². The third kappa shape index (κ3) is 7.73. The maximum absolute atomic E-state index is 11.1. The summed E-state index contributed by atoms with van der Waals surface area (Å²) in [6.07, 6.45) is -5.62. The highest BCUT2D eigenvalue weighted by molar-refractivity contribution is 5.46. The van der Waals surface area contributed by atoms with Crippen molar-refractivity contribution >= 4 is 0 Å². The molecule has 12 nitrogen and oxygen atoms in total. The first-order valence-corrected chi connectivity index (χ1v) is 13.1. The minimum absolute atomic E-state index is 0.108. The zero-order chi connectivity index (χ0) is 30.8. The molecule has 0 aliphatic heterocycles. The zero-order valence-electron chi connectivity index (χ0n) is 23.6. The Labute approximate surface area is 243 Å². The molecule has 0 aliphatic carbocycles. The number of phenolic OH excluding ortho intramolecular Hbond substituents is 1. The second-order valence-electron chi connectivity index (χ2n) is 9.35. The summed E-state index contributed by atoms with van der Waals surface area (Å²) in [5.74, 6) is 0.856. The van der Waals surface area contributed by atoms with Crippen molar-refractivity contribution in [3.8, 4) is 34.5 Å². The molecule has 0 saturated carbocycles. The van der Waals surface area contributed by atoms with E-state index in [1.54, 1.807) is 12.1 Å². The minimum atomic E-state index is -1.33. The van der Waals surface area contributed by atoms with E-state index in [1.807, 2.05) is 0 Å². The third-order valence-corrected chi connectivity index (χ3v) is 6.67. The molecular weight excluding hydrogens is 552 g/mol. The fourth-order valence-electron chi connectivity index (χ4n) is 4.28. The standard InChI is InChI=1S/C30H38O12/c1-38-24-13-18(4-7-21(24)35)29(36)27(15-32)42-23-9-6-19(14-26(23)40-3)30(37)28(16-33)41-22-8-5-17(12-25(22)39-2)20(34)10-11-31/h4-9,12-14,20,27-37H,10-11,15-16H2,1-3H3/t20-,27-,28-,29+,30+/m1/s1. The van der Waals surface area contributed by atoms with Crippen molar-refractivity contribution in [2.45, 2.75) is 36.9 Å². The molecule has 0 amide bonds. The Morgan fingerprint density at radius 1 is 0.571 bits per heavy atom. The fraction of sp³-hybridized carbons (Fsp3) is 0.400. The van der Waals surface area contributed by atoms with Crippen molar-refractivity contribution in [2.24, 2.45) is 0 Å². The maximum Gasteiger partial charge on any atom is 0.161 e. The van der Waals surface area contributed by atoms with Gasteiger partial charge in [0.15, 0.2) is 46.7 Å². The van der Waals surface area contributed by atoms with Crippen LogP contribution in [0.2, 0.25) is 0 Å². The van der Waals surface area contributed by atoms with Gasteiger partial charge in [0.25, 0.3) is 0 Å². The van der Waals surface area contributed by atoms with Gasteiger partial charge in [-0.2, -0.15) is 0 Å². The van der Waals surface area contributed by atoms with Crippen molar-refractivity contribution in [3.63, 3.8) is 0 Å². The van der Waals surface area contributed by atoms with Crippen molar-refractivity contribution in [2.75, 3.05) is 41.2 Å². The highest BCUT2D eigenvalue weighted by atomic mass is 16.5. The molecule has 7 N–H and O–H groups in total. The average molecular weight is 591 g/mol. The zero-order valence-corrected chi connectivity index (χ0v) is 23.6. The van der Waals surface area contributed by atoms with E-state index in [0.717, 1.165) is 0 Å². The van der Waals surface area contributed by atoms with Gasteiger partial charge in [-0.1, -0.05) is 18.2 Å². The first-order valence-electron chi connectivity index (χ1n) is 13.1. The lowest BCUT2D eigenvalue weighted by Crippen LogP contribution is -2.30. The Hall–Kier alpha value is -3.78. The van der Waals surface area contributed by atoms with Gasteiger partial charge in [-0.3, -0.25) is 0 Å². The summed E-state index contributed by atoms with van der Waals surface area (Å²) in [6.45, 7) is -1.31. The van der Waals surface area contributed by atoms with Crippen LogP contribution >= 0.6 is 0 Å². The molecule has 0 heterocycles. The molecule has 0 radical (unpaired) electrons. The summed E-state index contributed by atoms with van der Waals surface area (Å²) in [5, 5.41) is 70.9. The summed E-state index contributed by atoms with van der Waals surface area (Å²) < 4.78 is 27.6. The number of aliphatic hydroxyl groups is 6. The van der Waals surface area contributed by atoms with Crippen LogP contribution in [0.4, 0.5) is 0 Å². The highest BCUT2D eigenvalue weighted by Crippen LogP contribution is 2.37. The lowest BCUT2D eigenvalue weighted by Gasteiger charge is -2.26. The van der Waals surface area contributed by atoms with Crippen molar-refractivity contribution in [1.82, 2.24) is 0 Å². The van der Waals surface area contributed by atoms with Gasteiger partial charge in [0.05, 0.1) is 40.6 Å². The van der Waals surface area contributed by atoms with Gasteiger partial charge in [-0.15, -0.1) is 0 Å². The molecule has 0 fully saturated rings. The van der Waals surface area contributed by atoms with Gasteiger partial charge in [-0.05, 0) is 53.1 Å². The number of hydrogen-bond donors (Lipinski definition) is 7. The number of phenols is 1. The summed E-state index contributed by atoms with van der Waals surface area (Å²) in [4.78, 5) is 0. The fourth-order valence-corrected chi connectivity index (χ4v) is 4.28. The number of hydrogen-bond acceptors (Lipinski definition) is 12. The van der Waals surface area contributed by atoms with Crippen LogP contribution in [-0.4, -0.2) is 89.1 Å². The average Bonchev–Trinajstić information content (AvgIpc) is 3.02. The second kappa shape index (κ2) is 15.4. The molecule has 42 heavy (non-hydrogen) atoms. The first-order chi connectivity index (χ1) is 20.2. The molecule has 3 aromatic rings. The molecule has 0 bridgehead atoms. The van der Waals surface area contributed by atoms with E-state index in [2.05, 4.69) is 0 Å². The molecule has 0 aromatic heterocycles. The summed E-state index contributed by atoms with van der Waals surface area (Å²) in [5.41, 5.74) is 1.16. The Balaban J connectivity index is 1.79. The van der Waals surface area contributed by atoms with E-state index in [1.165, 1.54) is 63.8 Å². The monoisotopic (exact) mass is 590 g/mol. The number of benzene rings is 3. The van der Waals surface area contributed by atoms with E-state index in [0.29, 0.717) is 16.7 Å². The van der Waals surface area contributed by atoms with Crippen LogP contribution in [0.15, 0.2) is 54.6 Å². The van der Waals surface area contributed by atoms with Crippen LogP contribution in [0.5, 0.6) is 34.5 Å². The predicted molar refractivity (Wildman–Crippen MR) is 150 cm³/mol. The Bertz CT molecular complexity index is 1280. The first kappa shape index (κ1) is 32.7. The minimum Gasteiger partial charge on any atom is -0.504 e. The molecule has 12 heteroatoms. The van der Waals surface area contributed by atoms with Crippen LogP contribution < -0.4 is 23.7 Å². The smallest absolute Gasteiger partial charge is 0.161 e. The lowest BCUT2D eigenvalue weighted by atomic mass is 10.0. The van der Waals surface area contributed by atoms with Crippen LogP contribution in [0.3, 0.4) is 0 Å². The predicted octanol–water partition coefficient (Wildman–Crippen LogP) is 1.78. The van der Waals surface area contributed by atoms with Crippen LogP contribution in [-0.2, 0) is 0 Å². The number of rotatable bonds is 16. The summed E-state index contributed by atoms with van der Waals surface area (Å²) >= 11 is 0. The Kier molecular flexibility index (Phi) is 12.0. The molecule has 3 aromatic carbocycles. The molecule has 3 rings (SSSR count). The van der Waals surface area contributed by atoms with Gasteiger partial charge in [-0.25, -0.2) is 0 Å².